The lowest BCUT2D eigenvalue weighted by molar-refractivity contribution is -0.121. The minimum Gasteiger partial charge on any atom is -0.465 e. The first-order valence-corrected chi connectivity index (χ1v) is 12.5. The van der Waals surface area contributed by atoms with Crippen LogP contribution in [0.25, 0.3) is 0 Å². The summed E-state index contributed by atoms with van der Waals surface area (Å²) >= 11 is 0. The number of nitrogens with one attached hydrogen (secondary N) is 2. The van der Waals surface area contributed by atoms with E-state index >= 15 is 0 Å². The van der Waals surface area contributed by atoms with Crippen LogP contribution >= 0.6 is 0 Å². The number of likely N-dealkylation sites (N-methyl/N-ethyl adjacent to an activating group) is 1. The fourth-order valence-corrected chi connectivity index (χ4v) is 4.65. The Labute approximate surface area is 222 Å². The van der Waals surface area contributed by atoms with E-state index in [-0.39, 0.29) is 17.7 Å². The van der Waals surface area contributed by atoms with Crippen LogP contribution in [0.1, 0.15) is 40.7 Å². The van der Waals surface area contributed by atoms with Gasteiger partial charge in [-0.1, -0.05) is 36.4 Å². The standard InChI is InChI=1S/C30H32N4O4/c1-19(35)26(34(2)3)16-17-31-22-11-13-23(14-12-22)32-28(20-8-6-5-7-9-20)27-24-15-10-21(30(37)38-4)18-25(24)33-29(27)36/h5-15,18,26-27,31H,16-17H2,1-4H3,(H,33,36). The Balaban J connectivity index is 1.60. The molecule has 2 unspecified atom stereocenters. The van der Waals surface area contributed by atoms with Crippen molar-refractivity contribution in [2.75, 3.05) is 38.4 Å². The molecule has 0 radical (unpaired) electrons. The quantitative estimate of drug-likeness (QED) is 0.303. The molecule has 0 aromatic heterocycles. The highest BCUT2D eigenvalue weighted by Crippen LogP contribution is 2.37. The molecule has 0 fully saturated rings. The molecule has 0 spiro atoms. The first-order chi connectivity index (χ1) is 18.3. The van der Waals surface area contributed by atoms with Crippen LogP contribution < -0.4 is 10.6 Å². The number of anilines is 2. The number of esters is 1. The zero-order chi connectivity index (χ0) is 27.2. The number of rotatable bonds is 10. The maximum absolute atomic E-state index is 13.2. The SMILES string of the molecule is COC(=O)c1ccc2c(c1)NC(=O)C2C(=Nc1ccc(NCCC(C(C)=O)N(C)C)cc1)c1ccccc1. The van der Waals surface area contributed by atoms with Crippen LogP contribution in [0.5, 0.6) is 0 Å². The topological polar surface area (TPSA) is 100 Å². The molecule has 0 bridgehead atoms. The monoisotopic (exact) mass is 512 g/mol. The van der Waals surface area contributed by atoms with Gasteiger partial charge >= 0.3 is 5.97 Å². The molecule has 0 saturated heterocycles. The van der Waals surface area contributed by atoms with Gasteiger partial charge in [-0.25, -0.2) is 4.79 Å². The van der Waals surface area contributed by atoms with Gasteiger partial charge < -0.3 is 15.4 Å². The molecule has 1 aliphatic rings. The van der Waals surface area contributed by atoms with E-state index in [1.54, 1.807) is 25.1 Å². The van der Waals surface area contributed by atoms with Crippen molar-refractivity contribution in [1.82, 2.24) is 4.90 Å². The van der Waals surface area contributed by atoms with Crippen LogP contribution in [0.15, 0.2) is 77.8 Å². The van der Waals surface area contributed by atoms with Crippen LogP contribution in [0.4, 0.5) is 17.1 Å². The van der Waals surface area contributed by atoms with Crippen molar-refractivity contribution >= 4 is 40.4 Å². The largest absolute Gasteiger partial charge is 0.465 e. The lowest BCUT2D eigenvalue weighted by atomic mass is 9.90. The summed E-state index contributed by atoms with van der Waals surface area (Å²) in [7, 11) is 5.14. The molecule has 38 heavy (non-hydrogen) atoms. The van der Waals surface area contributed by atoms with Gasteiger partial charge in [0.15, 0.2) is 0 Å². The lowest BCUT2D eigenvalue weighted by Gasteiger charge is -2.21. The van der Waals surface area contributed by atoms with Gasteiger partial charge in [0.05, 0.1) is 30.1 Å². The number of carbonyl (C=O) groups excluding carboxylic acids is 3. The lowest BCUT2D eigenvalue weighted by Crippen LogP contribution is -2.35. The van der Waals surface area contributed by atoms with Crippen molar-refractivity contribution in [2.24, 2.45) is 4.99 Å². The predicted molar refractivity (Wildman–Crippen MR) is 149 cm³/mol. The molecular weight excluding hydrogens is 480 g/mol. The molecule has 3 aromatic rings. The Morgan fingerprint density at radius 3 is 2.37 bits per heavy atom. The smallest absolute Gasteiger partial charge is 0.337 e. The highest BCUT2D eigenvalue weighted by molar-refractivity contribution is 6.24. The van der Waals surface area contributed by atoms with Crippen molar-refractivity contribution in [3.63, 3.8) is 0 Å². The Kier molecular flexibility index (Phi) is 8.33. The first-order valence-electron chi connectivity index (χ1n) is 12.5. The molecule has 0 aliphatic carbocycles. The van der Waals surface area contributed by atoms with Crippen LogP contribution in [-0.2, 0) is 14.3 Å². The summed E-state index contributed by atoms with van der Waals surface area (Å²) in [5.74, 6) is -1.15. The minimum atomic E-state index is -0.633. The number of aliphatic imine (C=N–C) groups is 1. The van der Waals surface area contributed by atoms with Gasteiger partial charge in [0.25, 0.3) is 0 Å². The van der Waals surface area contributed by atoms with Gasteiger partial charge in [-0.2, -0.15) is 0 Å². The highest BCUT2D eigenvalue weighted by atomic mass is 16.5. The number of fused-ring (bicyclic) bond motifs is 1. The van der Waals surface area contributed by atoms with Gasteiger partial charge in [-0.15, -0.1) is 0 Å². The molecule has 4 rings (SSSR count). The van der Waals surface area contributed by atoms with Crippen LogP contribution in [0.3, 0.4) is 0 Å². The molecule has 196 valence electrons. The number of hydrogen-bond donors (Lipinski definition) is 2. The molecule has 0 saturated carbocycles. The fraction of sp³-hybridized carbons (Fsp3) is 0.267. The summed E-state index contributed by atoms with van der Waals surface area (Å²) in [6.45, 7) is 2.27. The Morgan fingerprint density at radius 2 is 1.74 bits per heavy atom. The van der Waals surface area contributed by atoms with E-state index in [4.69, 9.17) is 9.73 Å². The first kappa shape index (κ1) is 26.8. The summed E-state index contributed by atoms with van der Waals surface area (Å²) < 4.78 is 4.81. The van der Waals surface area contributed by atoms with E-state index in [2.05, 4.69) is 10.6 Å². The number of nitrogens with zero attached hydrogens (tertiary/aromatic N) is 2. The number of ketones is 1. The normalized spacial score (nSPS) is 15.6. The zero-order valence-corrected chi connectivity index (χ0v) is 22.0. The minimum absolute atomic E-state index is 0.121. The molecule has 2 atom stereocenters. The Morgan fingerprint density at radius 1 is 1.03 bits per heavy atom. The molecular formula is C30H32N4O4. The summed E-state index contributed by atoms with van der Waals surface area (Å²) in [6, 6.07) is 22.2. The van der Waals surface area contributed by atoms with E-state index in [0.717, 1.165) is 16.8 Å². The molecule has 1 amide bonds. The van der Waals surface area contributed by atoms with Crippen molar-refractivity contribution in [1.29, 1.82) is 0 Å². The van der Waals surface area contributed by atoms with Gasteiger partial charge in [-0.3, -0.25) is 19.5 Å². The number of hydrogen-bond acceptors (Lipinski definition) is 7. The molecule has 8 heteroatoms. The molecule has 2 N–H and O–H groups in total. The van der Waals surface area contributed by atoms with Crippen LogP contribution in [0.2, 0.25) is 0 Å². The van der Waals surface area contributed by atoms with Crippen molar-refractivity contribution in [3.05, 3.63) is 89.5 Å². The van der Waals surface area contributed by atoms with Crippen molar-refractivity contribution in [3.8, 4) is 0 Å². The summed E-state index contributed by atoms with van der Waals surface area (Å²) in [5.41, 5.74) is 4.77. The highest BCUT2D eigenvalue weighted by Gasteiger charge is 2.36. The number of amides is 1. The Bertz CT molecular complexity index is 1350. The summed E-state index contributed by atoms with van der Waals surface area (Å²) in [6.07, 6.45) is 0.703. The second kappa shape index (κ2) is 11.8. The maximum atomic E-state index is 13.2. The second-order valence-corrected chi connectivity index (χ2v) is 9.43. The van der Waals surface area contributed by atoms with Crippen molar-refractivity contribution < 1.29 is 19.1 Å². The number of Topliss-reactive ketones (excluding diaryl/α,β-unsaturated/α-hetero) is 1. The van der Waals surface area contributed by atoms with Gasteiger partial charge in [0.2, 0.25) is 5.91 Å². The molecule has 1 aliphatic heterocycles. The van der Waals surface area contributed by atoms with E-state index in [0.29, 0.717) is 35.6 Å². The molecule has 8 nitrogen and oxygen atoms in total. The van der Waals surface area contributed by atoms with Gasteiger partial charge in [-0.05, 0) is 75.0 Å². The second-order valence-electron chi connectivity index (χ2n) is 9.43. The number of ether oxygens (including phenoxy) is 1. The van der Waals surface area contributed by atoms with E-state index in [1.807, 2.05) is 73.6 Å². The third-order valence-corrected chi connectivity index (χ3v) is 6.60. The molecule has 1 heterocycles. The summed E-state index contributed by atoms with van der Waals surface area (Å²) in [4.78, 5) is 43.8. The van der Waals surface area contributed by atoms with Crippen LogP contribution in [-0.4, -0.2) is 62.1 Å². The number of benzene rings is 3. The van der Waals surface area contributed by atoms with Crippen molar-refractivity contribution in [2.45, 2.75) is 25.3 Å². The van der Waals surface area contributed by atoms with Gasteiger partial charge in [0, 0.05) is 17.9 Å². The maximum Gasteiger partial charge on any atom is 0.337 e. The third kappa shape index (κ3) is 5.98. The van der Waals surface area contributed by atoms with E-state index in [1.165, 1.54) is 7.11 Å². The average molecular weight is 513 g/mol. The summed E-state index contributed by atoms with van der Waals surface area (Å²) in [5, 5.41) is 6.26. The van der Waals surface area contributed by atoms with Gasteiger partial charge in [0.1, 0.15) is 11.7 Å². The van der Waals surface area contributed by atoms with E-state index in [9.17, 15) is 14.4 Å². The number of carbonyl (C=O) groups is 3. The van der Waals surface area contributed by atoms with Crippen LogP contribution in [0, 0.1) is 0 Å². The van der Waals surface area contributed by atoms with E-state index < -0.39 is 11.9 Å². The Hall–Kier alpha value is -4.30. The predicted octanol–water partition coefficient (Wildman–Crippen LogP) is 4.65. The zero-order valence-electron chi connectivity index (χ0n) is 22.0. The fourth-order valence-electron chi connectivity index (χ4n) is 4.65. The molecule has 3 aromatic carbocycles. The third-order valence-electron chi connectivity index (χ3n) is 6.60. The number of methoxy groups -OCH3 is 1. The average Bonchev–Trinajstić information content (AvgIpc) is 3.24.